The zero-order valence-corrected chi connectivity index (χ0v) is 24.1. The van der Waals surface area contributed by atoms with Crippen LogP contribution >= 0.6 is 0 Å². The van der Waals surface area contributed by atoms with E-state index in [1.54, 1.807) is 12.4 Å². The molecule has 4 aromatic rings. The predicted octanol–water partition coefficient (Wildman–Crippen LogP) is 5.47. The first-order chi connectivity index (χ1) is 20.5. The topological polar surface area (TPSA) is 121 Å². The molecule has 0 fully saturated rings. The Balaban J connectivity index is 1.17. The van der Waals surface area contributed by atoms with Crippen LogP contribution in [-0.4, -0.2) is 49.0 Å². The Morgan fingerprint density at radius 2 is 1.86 bits per heavy atom. The van der Waals surface area contributed by atoms with Crippen molar-refractivity contribution in [3.8, 4) is 11.3 Å². The zero-order valence-electron chi connectivity index (χ0n) is 24.1. The number of hydrogen-bond acceptors (Lipinski definition) is 6. The summed E-state index contributed by atoms with van der Waals surface area (Å²) in [5.74, 6) is 0.758. The Morgan fingerprint density at radius 3 is 2.69 bits per heavy atom. The quantitative estimate of drug-likeness (QED) is 0.207. The molecule has 0 aliphatic carbocycles. The fourth-order valence-electron chi connectivity index (χ4n) is 5.40. The molecule has 2 amide bonds. The molecule has 1 aliphatic heterocycles. The number of benzene rings is 1. The number of unbranched alkanes of at least 4 members (excludes halogenated alkanes) is 2. The fraction of sp³-hybridized carbons (Fsp3) is 0.394. The number of aromatic nitrogens is 4. The monoisotopic (exact) mass is 566 g/mol. The highest BCUT2D eigenvalue weighted by Gasteiger charge is 2.24. The molecular weight excluding hydrogens is 528 g/mol. The minimum absolute atomic E-state index is 0.0383. The summed E-state index contributed by atoms with van der Waals surface area (Å²) in [6, 6.07) is 15.5. The third kappa shape index (κ3) is 7.46. The number of aromatic amines is 1. The molecule has 1 aliphatic rings. The highest BCUT2D eigenvalue weighted by Crippen LogP contribution is 2.24. The first kappa shape index (κ1) is 29.1. The number of nitrogens with zero attached hydrogens (tertiary/aromatic N) is 4. The number of nitrogens with one attached hydrogen (secondary N) is 2. The van der Waals surface area contributed by atoms with Gasteiger partial charge >= 0.3 is 0 Å². The van der Waals surface area contributed by atoms with E-state index in [9.17, 15) is 14.4 Å². The normalized spacial score (nSPS) is 13.5. The van der Waals surface area contributed by atoms with E-state index in [2.05, 4.69) is 31.3 Å². The smallest absolute Gasteiger partial charge is 0.223 e. The van der Waals surface area contributed by atoms with Crippen molar-refractivity contribution >= 4 is 28.6 Å². The zero-order chi connectivity index (χ0) is 29.3. The van der Waals surface area contributed by atoms with E-state index in [0.717, 1.165) is 52.8 Å². The van der Waals surface area contributed by atoms with Gasteiger partial charge < -0.3 is 15.2 Å². The number of hydrogen-bond donors (Lipinski definition) is 2. The molecule has 3 aromatic heterocycles. The largest absolute Gasteiger partial charge is 0.346 e. The van der Waals surface area contributed by atoms with Gasteiger partial charge in [0.1, 0.15) is 11.6 Å². The summed E-state index contributed by atoms with van der Waals surface area (Å²) in [6.45, 7) is 2.96. The second-order valence-corrected chi connectivity index (χ2v) is 10.9. The van der Waals surface area contributed by atoms with Gasteiger partial charge in [0.15, 0.2) is 5.65 Å². The average Bonchev–Trinajstić information content (AvgIpc) is 3.52. The minimum atomic E-state index is -0.304. The summed E-state index contributed by atoms with van der Waals surface area (Å²) >= 11 is 0. The highest BCUT2D eigenvalue weighted by molar-refractivity contribution is 5.84. The molecule has 1 atom stereocenters. The highest BCUT2D eigenvalue weighted by atomic mass is 16.2. The fourth-order valence-corrected chi connectivity index (χ4v) is 5.40. The van der Waals surface area contributed by atoms with Crippen molar-refractivity contribution in [2.24, 2.45) is 0 Å². The number of carbonyl (C=O) groups is 3. The van der Waals surface area contributed by atoms with Crippen LogP contribution in [0, 0.1) is 0 Å². The molecule has 0 unspecified atom stereocenters. The maximum absolute atomic E-state index is 13.1. The third-order valence-corrected chi connectivity index (χ3v) is 7.84. The second kappa shape index (κ2) is 14.0. The number of ketones is 1. The molecule has 0 spiro atoms. The summed E-state index contributed by atoms with van der Waals surface area (Å²) in [5.41, 5.74) is 4.65. The van der Waals surface area contributed by atoms with Gasteiger partial charge in [-0.1, -0.05) is 50.1 Å². The Bertz CT molecular complexity index is 1530. The van der Waals surface area contributed by atoms with Crippen molar-refractivity contribution in [3.05, 3.63) is 78.0 Å². The van der Waals surface area contributed by atoms with Gasteiger partial charge in [0.05, 0.1) is 17.9 Å². The van der Waals surface area contributed by atoms with Gasteiger partial charge in [-0.05, 0) is 42.2 Å². The van der Waals surface area contributed by atoms with Crippen molar-refractivity contribution in [1.29, 1.82) is 0 Å². The van der Waals surface area contributed by atoms with E-state index in [1.807, 2.05) is 54.3 Å². The van der Waals surface area contributed by atoms with Crippen LogP contribution in [0.4, 0.5) is 0 Å². The van der Waals surface area contributed by atoms with Gasteiger partial charge in [0, 0.05) is 62.5 Å². The van der Waals surface area contributed by atoms with E-state index < -0.39 is 0 Å². The van der Waals surface area contributed by atoms with Crippen LogP contribution in [-0.2, 0) is 27.3 Å². The SMILES string of the molecule is CCC(=O)CCCCC[C@H](NC(=O)CCC(=O)N1CCc2nc3ncccc3cc2C1)c1ncc(-c2ccccc2)[nH]1. The van der Waals surface area contributed by atoms with Gasteiger partial charge in [-0.15, -0.1) is 0 Å². The number of fused-ring (bicyclic) bond motifs is 2. The Hall–Kier alpha value is -4.40. The summed E-state index contributed by atoms with van der Waals surface area (Å²) in [5, 5.41) is 4.08. The van der Waals surface area contributed by atoms with Gasteiger partial charge in [0.25, 0.3) is 0 Å². The number of amides is 2. The van der Waals surface area contributed by atoms with Crippen LogP contribution in [0.2, 0.25) is 0 Å². The molecule has 9 heteroatoms. The first-order valence-corrected chi connectivity index (χ1v) is 14.9. The summed E-state index contributed by atoms with van der Waals surface area (Å²) in [4.78, 5) is 56.6. The second-order valence-electron chi connectivity index (χ2n) is 10.9. The molecule has 42 heavy (non-hydrogen) atoms. The first-order valence-electron chi connectivity index (χ1n) is 14.9. The van der Waals surface area contributed by atoms with E-state index in [-0.39, 0.29) is 36.5 Å². The number of pyridine rings is 2. The van der Waals surface area contributed by atoms with Gasteiger partial charge in [-0.3, -0.25) is 14.4 Å². The maximum Gasteiger partial charge on any atom is 0.223 e. The lowest BCUT2D eigenvalue weighted by Gasteiger charge is -2.28. The number of H-pyrrole nitrogens is 1. The molecule has 0 radical (unpaired) electrons. The van der Waals surface area contributed by atoms with Gasteiger partial charge in [-0.2, -0.15) is 0 Å². The lowest BCUT2D eigenvalue weighted by Crippen LogP contribution is -2.37. The van der Waals surface area contributed by atoms with Crippen LogP contribution in [0.25, 0.3) is 22.3 Å². The molecule has 2 N–H and O–H groups in total. The lowest BCUT2D eigenvalue weighted by atomic mass is 10.0. The molecule has 5 rings (SSSR count). The summed E-state index contributed by atoms with van der Waals surface area (Å²) in [6.07, 6.45) is 8.91. The Labute approximate surface area is 246 Å². The van der Waals surface area contributed by atoms with Crippen molar-refractivity contribution in [3.63, 3.8) is 0 Å². The van der Waals surface area contributed by atoms with Crippen LogP contribution in [0.3, 0.4) is 0 Å². The number of Topliss-reactive ketones (excluding diaryl/α,β-unsaturated/α-hetero) is 1. The lowest BCUT2D eigenvalue weighted by molar-refractivity contribution is -0.134. The van der Waals surface area contributed by atoms with Crippen molar-refractivity contribution in [2.75, 3.05) is 6.54 Å². The molecule has 4 heterocycles. The number of imidazole rings is 1. The van der Waals surface area contributed by atoms with Gasteiger partial charge in [-0.25, -0.2) is 15.0 Å². The molecule has 1 aromatic carbocycles. The molecule has 9 nitrogen and oxygen atoms in total. The predicted molar refractivity (Wildman–Crippen MR) is 161 cm³/mol. The number of carbonyl (C=O) groups excluding carboxylic acids is 3. The third-order valence-electron chi connectivity index (χ3n) is 7.84. The number of rotatable bonds is 13. The van der Waals surface area contributed by atoms with E-state index in [1.165, 1.54) is 0 Å². The van der Waals surface area contributed by atoms with E-state index in [4.69, 9.17) is 0 Å². The summed E-state index contributed by atoms with van der Waals surface area (Å²) in [7, 11) is 0. The maximum atomic E-state index is 13.1. The average molecular weight is 567 g/mol. The van der Waals surface area contributed by atoms with Gasteiger partial charge in [0.2, 0.25) is 11.8 Å². The van der Waals surface area contributed by atoms with Crippen LogP contribution in [0.1, 0.15) is 81.4 Å². The Kier molecular flexibility index (Phi) is 9.69. The van der Waals surface area contributed by atoms with E-state index in [0.29, 0.717) is 44.6 Å². The minimum Gasteiger partial charge on any atom is -0.346 e. The van der Waals surface area contributed by atoms with Crippen LogP contribution in [0.15, 0.2) is 60.9 Å². The van der Waals surface area contributed by atoms with Crippen LogP contribution < -0.4 is 5.32 Å². The van der Waals surface area contributed by atoms with Crippen molar-refractivity contribution in [1.82, 2.24) is 30.2 Å². The van der Waals surface area contributed by atoms with Crippen molar-refractivity contribution < 1.29 is 14.4 Å². The molecule has 0 saturated heterocycles. The molecule has 218 valence electrons. The standard InChI is InChI=1S/C33H38N6O3/c1-2-26(40)13-7-4-8-14-28(33-35-21-29(38-33)23-10-5-3-6-11-23)36-30(41)15-16-31(42)39-19-17-27-25(22-39)20-24-12-9-18-34-32(24)37-27/h3,5-6,9-12,18,20-21,28H,2,4,7-8,13-17,19,22H2,1H3,(H,35,38)(H,36,41)/t28-/m0/s1. The van der Waals surface area contributed by atoms with Crippen molar-refractivity contribution in [2.45, 2.75) is 77.3 Å². The van der Waals surface area contributed by atoms with E-state index >= 15 is 0 Å². The summed E-state index contributed by atoms with van der Waals surface area (Å²) < 4.78 is 0. The molecular formula is C33H38N6O3. The molecule has 0 bridgehead atoms. The molecule has 0 saturated carbocycles. The Morgan fingerprint density at radius 1 is 1.00 bits per heavy atom. The van der Waals surface area contributed by atoms with Crippen LogP contribution in [0.5, 0.6) is 0 Å².